The van der Waals surface area contributed by atoms with Gasteiger partial charge in [-0.2, -0.15) is 0 Å². The molecule has 0 aliphatic heterocycles. The van der Waals surface area contributed by atoms with Crippen LogP contribution in [0.1, 0.15) is 33.6 Å². The maximum Gasteiger partial charge on any atom is 0.0617 e. The molecule has 0 heterocycles. The van der Waals surface area contributed by atoms with Crippen LogP contribution in [0.25, 0.3) is 0 Å². The molecule has 12 heavy (non-hydrogen) atoms. The zero-order chi connectivity index (χ0) is 9.78. The fourth-order valence-electron chi connectivity index (χ4n) is 0.857. The summed E-state index contributed by atoms with van der Waals surface area (Å²) < 4.78 is 0. The lowest BCUT2D eigenvalue weighted by Gasteiger charge is -2.25. The van der Waals surface area contributed by atoms with Crippen LogP contribution in [0.2, 0.25) is 0 Å². The maximum atomic E-state index is 9.62. The first-order valence-electron chi connectivity index (χ1n) is 4.40. The molecule has 0 spiro atoms. The van der Waals surface area contributed by atoms with Gasteiger partial charge in [0.25, 0.3) is 0 Å². The molecule has 1 N–H and O–H groups in total. The lowest BCUT2D eigenvalue weighted by atomic mass is 9.88. The summed E-state index contributed by atoms with van der Waals surface area (Å²) >= 11 is 0. The molecule has 0 saturated carbocycles. The quantitative estimate of drug-likeness (QED) is 0.626. The molecular weight excluding hydrogens is 148 g/mol. The van der Waals surface area contributed by atoms with Gasteiger partial charge in [0, 0.05) is 0 Å². The van der Waals surface area contributed by atoms with Gasteiger partial charge in [0.2, 0.25) is 0 Å². The van der Waals surface area contributed by atoms with Crippen LogP contribution in [0.4, 0.5) is 0 Å². The molecule has 0 bridgehead atoms. The van der Waals surface area contributed by atoms with Gasteiger partial charge < -0.3 is 5.11 Å². The van der Waals surface area contributed by atoms with E-state index in [1.54, 1.807) is 6.08 Å². The van der Waals surface area contributed by atoms with Crippen LogP contribution in [-0.2, 0) is 0 Å². The Morgan fingerprint density at radius 2 is 2.08 bits per heavy atom. The normalized spacial score (nSPS) is 14.0. The largest absolute Gasteiger partial charge is 0.390 e. The molecule has 70 valence electrons. The highest BCUT2D eigenvalue weighted by atomic mass is 16.3. The van der Waals surface area contributed by atoms with E-state index in [-0.39, 0.29) is 0 Å². The van der Waals surface area contributed by atoms with Crippen molar-refractivity contribution in [3.63, 3.8) is 0 Å². The average Bonchev–Trinajstić information content (AvgIpc) is 1.97. The Bertz CT molecular complexity index is 162. The van der Waals surface area contributed by atoms with E-state index < -0.39 is 5.60 Å². The monoisotopic (exact) mass is 168 g/mol. The average molecular weight is 168 g/mol. The summed E-state index contributed by atoms with van der Waals surface area (Å²) in [6.07, 6.45) is 3.67. The minimum Gasteiger partial charge on any atom is -0.390 e. The highest BCUT2D eigenvalue weighted by molar-refractivity contribution is 5.10. The van der Waals surface area contributed by atoms with E-state index in [4.69, 9.17) is 0 Å². The summed E-state index contributed by atoms with van der Waals surface area (Å²) in [6.45, 7) is 13.2. The van der Waals surface area contributed by atoms with Crippen molar-refractivity contribution in [3.05, 3.63) is 24.8 Å². The zero-order valence-corrected chi connectivity index (χ0v) is 8.43. The number of aliphatic hydroxyl groups is 1. The summed E-state index contributed by atoms with van der Waals surface area (Å²) in [7, 11) is 0. The number of allylic oxidation sites excluding steroid dienone is 2. The third-order valence-electron chi connectivity index (χ3n) is 2.39. The first-order valence-corrected chi connectivity index (χ1v) is 4.40. The molecule has 0 aliphatic rings. The van der Waals surface area contributed by atoms with Crippen molar-refractivity contribution in [2.45, 2.75) is 39.2 Å². The fraction of sp³-hybridized carbons (Fsp3) is 0.636. The first-order chi connectivity index (χ1) is 5.38. The smallest absolute Gasteiger partial charge is 0.0617 e. The summed E-state index contributed by atoms with van der Waals surface area (Å²) in [5, 5.41) is 9.62. The predicted molar refractivity (Wildman–Crippen MR) is 54.0 cm³/mol. The molecule has 1 atom stereocenters. The van der Waals surface area contributed by atoms with Crippen LogP contribution < -0.4 is 0 Å². The van der Waals surface area contributed by atoms with Crippen LogP contribution in [-0.4, -0.2) is 10.7 Å². The van der Waals surface area contributed by atoms with Crippen molar-refractivity contribution in [2.75, 3.05) is 0 Å². The SMILES string of the molecule is C=CC(=C)CCC(C)C(C)(C)O. The second-order valence-electron chi connectivity index (χ2n) is 3.96. The predicted octanol–water partition coefficient (Wildman–Crippen LogP) is 2.92. The molecule has 0 aromatic carbocycles. The molecule has 0 saturated heterocycles. The van der Waals surface area contributed by atoms with E-state index in [1.165, 1.54) is 0 Å². The molecule has 0 amide bonds. The zero-order valence-electron chi connectivity index (χ0n) is 8.43. The van der Waals surface area contributed by atoms with Crippen molar-refractivity contribution >= 4 is 0 Å². The van der Waals surface area contributed by atoms with Crippen LogP contribution in [0.3, 0.4) is 0 Å². The van der Waals surface area contributed by atoms with Gasteiger partial charge >= 0.3 is 0 Å². The van der Waals surface area contributed by atoms with Gasteiger partial charge in [-0.3, -0.25) is 0 Å². The molecule has 1 unspecified atom stereocenters. The summed E-state index contributed by atoms with van der Waals surface area (Å²) in [4.78, 5) is 0. The fourth-order valence-corrected chi connectivity index (χ4v) is 0.857. The third-order valence-corrected chi connectivity index (χ3v) is 2.39. The molecule has 0 fully saturated rings. The summed E-state index contributed by atoms with van der Waals surface area (Å²) in [5.41, 5.74) is 0.465. The second-order valence-corrected chi connectivity index (χ2v) is 3.96. The Hall–Kier alpha value is -0.560. The van der Waals surface area contributed by atoms with E-state index in [1.807, 2.05) is 13.8 Å². The highest BCUT2D eigenvalue weighted by Gasteiger charge is 2.21. The van der Waals surface area contributed by atoms with Crippen LogP contribution in [0.15, 0.2) is 24.8 Å². The van der Waals surface area contributed by atoms with E-state index in [0.29, 0.717) is 5.92 Å². The Kier molecular flexibility index (Phi) is 4.25. The number of hydrogen-bond acceptors (Lipinski definition) is 1. The minimum atomic E-state index is -0.582. The van der Waals surface area contributed by atoms with Crippen molar-refractivity contribution in [1.82, 2.24) is 0 Å². The van der Waals surface area contributed by atoms with E-state index >= 15 is 0 Å². The molecule has 0 aromatic heterocycles. The van der Waals surface area contributed by atoms with Gasteiger partial charge in [0.1, 0.15) is 0 Å². The van der Waals surface area contributed by atoms with Gasteiger partial charge in [-0.05, 0) is 32.6 Å². The van der Waals surface area contributed by atoms with Gasteiger partial charge in [-0.25, -0.2) is 0 Å². The highest BCUT2D eigenvalue weighted by Crippen LogP contribution is 2.22. The van der Waals surface area contributed by atoms with E-state index in [9.17, 15) is 5.11 Å². The Labute approximate surface area is 75.8 Å². The van der Waals surface area contributed by atoms with E-state index in [0.717, 1.165) is 18.4 Å². The lowest BCUT2D eigenvalue weighted by molar-refractivity contribution is 0.0216. The molecule has 1 nitrogen and oxygen atoms in total. The second kappa shape index (κ2) is 4.46. The van der Waals surface area contributed by atoms with Crippen molar-refractivity contribution in [2.24, 2.45) is 5.92 Å². The standard InChI is InChI=1S/C11H20O/c1-6-9(2)7-8-10(3)11(4,5)12/h6,10,12H,1-2,7-8H2,3-5H3. The van der Waals surface area contributed by atoms with Gasteiger partial charge in [-0.15, -0.1) is 0 Å². The molecule has 1 heteroatoms. The summed E-state index contributed by atoms with van der Waals surface area (Å²) in [6, 6.07) is 0. The van der Waals surface area contributed by atoms with Gasteiger partial charge in [0.05, 0.1) is 5.60 Å². The molecule has 0 aromatic rings. The van der Waals surface area contributed by atoms with Gasteiger partial charge in [-0.1, -0.05) is 31.7 Å². The third kappa shape index (κ3) is 4.35. The Balaban J connectivity index is 3.79. The maximum absolute atomic E-state index is 9.62. The van der Waals surface area contributed by atoms with E-state index in [2.05, 4.69) is 20.1 Å². The Morgan fingerprint density at radius 1 is 1.58 bits per heavy atom. The lowest BCUT2D eigenvalue weighted by Crippen LogP contribution is -2.28. The topological polar surface area (TPSA) is 20.2 Å². The number of hydrogen-bond donors (Lipinski definition) is 1. The Morgan fingerprint density at radius 3 is 2.42 bits per heavy atom. The molecule has 0 rings (SSSR count). The van der Waals surface area contributed by atoms with Gasteiger partial charge in [0.15, 0.2) is 0 Å². The molecule has 0 radical (unpaired) electrons. The van der Waals surface area contributed by atoms with Crippen molar-refractivity contribution in [1.29, 1.82) is 0 Å². The number of rotatable bonds is 5. The molecule has 0 aliphatic carbocycles. The minimum absolute atomic E-state index is 0.300. The van der Waals surface area contributed by atoms with Crippen LogP contribution >= 0.6 is 0 Å². The van der Waals surface area contributed by atoms with Crippen molar-refractivity contribution in [3.8, 4) is 0 Å². The van der Waals surface area contributed by atoms with Crippen molar-refractivity contribution < 1.29 is 5.11 Å². The molecular formula is C11H20O. The van der Waals surface area contributed by atoms with Crippen LogP contribution in [0.5, 0.6) is 0 Å². The summed E-state index contributed by atoms with van der Waals surface area (Å²) in [5.74, 6) is 0.300. The van der Waals surface area contributed by atoms with Crippen LogP contribution in [0, 0.1) is 5.92 Å². The first kappa shape index (κ1) is 11.4.